The minimum Gasteiger partial charge on any atom is -0.237 e. The molecule has 1 aromatic carbocycles. The first-order valence-electron chi connectivity index (χ1n) is 10.1. The van der Waals surface area contributed by atoms with Crippen LogP contribution in [0.1, 0.15) is 37.6 Å². The zero-order valence-corrected chi connectivity index (χ0v) is 18.2. The van der Waals surface area contributed by atoms with Gasteiger partial charge in [-0.05, 0) is 49.6 Å². The Morgan fingerprint density at radius 3 is 2.61 bits per heavy atom. The first-order valence-corrected chi connectivity index (χ1v) is 11.6. The number of nitrogens with zero attached hydrogens (tertiary/aromatic N) is 4. The van der Waals surface area contributed by atoms with Gasteiger partial charge in [-0.15, -0.1) is 0 Å². The number of aryl methyl sites for hydroxylation is 1. The molecule has 0 aliphatic carbocycles. The molecule has 156 valence electrons. The number of fused-ring (bicyclic) bond motifs is 1. The average molecular weight is 431 g/mol. The second-order valence-corrected chi connectivity index (χ2v) is 9.02. The predicted octanol–water partition coefficient (Wildman–Crippen LogP) is 4.58. The van der Waals surface area contributed by atoms with Gasteiger partial charge in [-0.25, -0.2) is 27.3 Å². The summed E-state index contributed by atoms with van der Waals surface area (Å²) in [4.78, 5) is 13.3. The fourth-order valence-corrected chi connectivity index (χ4v) is 4.54. The van der Waals surface area contributed by atoms with Crippen molar-refractivity contribution in [2.45, 2.75) is 38.0 Å². The van der Waals surface area contributed by atoms with E-state index in [-0.39, 0.29) is 4.90 Å². The van der Waals surface area contributed by atoms with Crippen molar-refractivity contribution in [1.29, 1.82) is 0 Å². The maximum Gasteiger partial charge on any atom is 0.269 e. The average Bonchev–Trinajstić information content (AvgIpc) is 3.18. The van der Waals surface area contributed by atoms with Gasteiger partial charge in [0, 0.05) is 36.0 Å². The second-order valence-electron chi connectivity index (χ2n) is 7.20. The Kier molecular flexibility index (Phi) is 5.83. The summed E-state index contributed by atoms with van der Waals surface area (Å²) in [6.45, 7) is 4.03. The molecule has 3 aromatic heterocycles. The molecule has 0 radical (unpaired) electrons. The van der Waals surface area contributed by atoms with Crippen molar-refractivity contribution in [1.82, 2.24) is 18.9 Å². The van der Waals surface area contributed by atoms with Crippen LogP contribution in [-0.4, -0.2) is 27.3 Å². The summed E-state index contributed by atoms with van der Waals surface area (Å²) in [6, 6.07) is 12.1. The van der Waals surface area contributed by atoms with E-state index in [1.165, 1.54) is 3.97 Å². The Morgan fingerprint density at radius 1 is 1.03 bits per heavy atom. The molecule has 0 fully saturated rings. The molecule has 0 saturated heterocycles. The van der Waals surface area contributed by atoms with Crippen molar-refractivity contribution < 1.29 is 8.42 Å². The smallest absolute Gasteiger partial charge is 0.237 e. The molecule has 4 aromatic rings. The van der Waals surface area contributed by atoms with Gasteiger partial charge in [0.15, 0.2) is 5.65 Å². The van der Waals surface area contributed by atoms with Crippen molar-refractivity contribution in [2.24, 2.45) is 0 Å². The van der Waals surface area contributed by atoms with Crippen molar-refractivity contribution in [2.75, 3.05) is 0 Å². The Labute approximate surface area is 182 Å². The lowest BCUT2D eigenvalue weighted by molar-refractivity contribution is 0.589. The van der Waals surface area contributed by atoms with Crippen LogP contribution in [0.2, 0.25) is 0 Å². The van der Waals surface area contributed by atoms with E-state index in [1.807, 2.05) is 13.0 Å². The van der Waals surface area contributed by atoms with Crippen LogP contribution in [0.15, 0.2) is 66.0 Å². The summed E-state index contributed by atoms with van der Waals surface area (Å²) in [7, 11) is -3.82. The number of unbranched alkanes of at least 4 members (excludes halogenated alkanes) is 2. The first kappa shape index (κ1) is 20.8. The molecule has 0 atom stereocenters. The summed E-state index contributed by atoms with van der Waals surface area (Å²) >= 11 is 0. The minimum atomic E-state index is -3.82. The van der Waals surface area contributed by atoms with Gasteiger partial charge in [-0.2, -0.15) is 0 Å². The van der Waals surface area contributed by atoms with Gasteiger partial charge in [0.2, 0.25) is 5.82 Å². The highest BCUT2D eigenvalue weighted by Gasteiger charge is 2.23. The summed E-state index contributed by atoms with van der Waals surface area (Å²) in [5.41, 5.74) is 2.61. The van der Waals surface area contributed by atoms with Gasteiger partial charge in [-0.3, -0.25) is 0 Å². The van der Waals surface area contributed by atoms with Gasteiger partial charge in [-0.1, -0.05) is 37.0 Å². The SMILES string of the molecule is CCCCC#Cc1nccc(-c2cn(S(=O)(=O)c3ccc(C)cc3)c3ncccc23)n1. The topological polar surface area (TPSA) is 77.7 Å². The van der Waals surface area contributed by atoms with Gasteiger partial charge >= 0.3 is 0 Å². The standard InChI is InChI=1S/C24H22N4O2S/c1-3-4-5-6-9-23-25-16-14-22(27-23)21-17-28(24-20(21)8-7-15-26-24)31(29,30)19-12-10-18(2)11-13-19/h7-8,10-17H,3-5H2,1-2H3. The van der Waals surface area contributed by atoms with Crippen LogP contribution in [0.4, 0.5) is 0 Å². The Hall–Kier alpha value is -3.50. The summed E-state index contributed by atoms with van der Waals surface area (Å²) in [6.07, 6.45) is 7.70. The molecular formula is C24H22N4O2S. The van der Waals surface area contributed by atoms with Crippen molar-refractivity contribution in [3.8, 4) is 23.1 Å². The Bertz CT molecular complexity index is 1400. The number of aromatic nitrogens is 4. The third-order valence-corrected chi connectivity index (χ3v) is 6.56. The third-order valence-electron chi connectivity index (χ3n) is 4.90. The highest BCUT2D eigenvalue weighted by molar-refractivity contribution is 7.90. The monoisotopic (exact) mass is 430 g/mol. The van der Waals surface area contributed by atoms with E-state index in [0.717, 1.165) is 24.8 Å². The summed E-state index contributed by atoms with van der Waals surface area (Å²) in [5, 5.41) is 0.696. The van der Waals surface area contributed by atoms with Crippen LogP contribution in [0.5, 0.6) is 0 Å². The van der Waals surface area contributed by atoms with E-state index >= 15 is 0 Å². The summed E-state index contributed by atoms with van der Waals surface area (Å²) < 4.78 is 27.9. The molecule has 3 heterocycles. The molecule has 0 N–H and O–H groups in total. The quantitative estimate of drug-likeness (QED) is 0.342. The Balaban J connectivity index is 1.83. The van der Waals surface area contributed by atoms with Gasteiger partial charge in [0.1, 0.15) is 0 Å². The fraction of sp³-hybridized carbons (Fsp3) is 0.208. The zero-order chi connectivity index (χ0) is 21.8. The van der Waals surface area contributed by atoms with E-state index in [1.54, 1.807) is 55.0 Å². The molecule has 4 rings (SSSR count). The zero-order valence-electron chi connectivity index (χ0n) is 17.4. The lowest BCUT2D eigenvalue weighted by Crippen LogP contribution is -2.12. The van der Waals surface area contributed by atoms with Crippen LogP contribution in [0.3, 0.4) is 0 Å². The van der Waals surface area contributed by atoms with Gasteiger partial charge < -0.3 is 0 Å². The van der Waals surface area contributed by atoms with E-state index in [0.29, 0.717) is 28.1 Å². The lowest BCUT2D eigenvalue weighted by Gasteiger charge is -2.07. The predicted molar refractivity (Wildman–Crippen MR) is 121 cm³/mol. The Morgan fingerprint density at radius 2 is 1.84 bits per heavy atom. The molecule has 0 spiro atoms. The second kappa shape index (κ2) is 8.70. The molecule has 0 bridgehead atoms. The lowest BCUT2D eigenvalue weighted by atomic mass is 10.1. The molecular weight excluding hydrogens is 408 g/mol. The molecule has 0 aliphatic rings. The van der Waals surface area contributed by atoms with Crippen LogP contribution in [0.25, 0.3) is 22.3 Å². The van der Waals surface area contributed by atoms with Crippen molar-refractivity contribution in [3.05, 3.63) is 72.4 Å². The number of rotatable bonds is 5. The normalized spacial score (nSPS) is 11.3. The largest absolute Gasteiger partial charge is 0.269 e. The minimum absolute atomic E-state index is 0.206. The highest BCUT2D eigenvalue weighted by atomic mass is 32.2. The van der Waals surface area contributed by atoms with E-state index < -0.39 is 10.0 Å². The molecule has 0 saturated carbocycles. The van der Waals surface area contributed by atoms with Crippen LogP contribution >= 0.6 is 0 Å². The molecule has 0 amide bonds. The van der Waals surface area contributed by atoms with Crippen LogP contribution < -0.4 is 0 Å². The van der Waals surface area contributed by atoms with Crippen molar-refractivity contribution >= 4 is 21.1 Å². The number of pyridine rings is 1. The first-order chi connectivity index (χ1) is 15.0. The van der Waals surface area contributed by atoms with E-state index in [4.69, 9.17) is 0 Å². The molecule has 0 aliphatic heterocycles. The van der Waals surface area contributed by atoms with Crippen LogP contribution in [0, 0.1) is 18.8 Å². The molecule has 0 unspecified atom stereocenters. The number of hydrogen-bond donors (Lipinski definition) is 0. The number of hydrogen-bond acceptors (Lipinski definition) is 5. The fourth-order valence-electron chi connectivity index (χ4n) is 3.22. The molecule has 7 heteroatoms. The maximum atomic E-state index is 13.3. The van der Waals surface area contributed by atoms with E-state index in [2.05, 4.69) is 33.7 Å². The summed E-state index contributed by atoms with van der Waals surface area (Å²) in [5.74, 6) is 6.49. The highest BCUT2D eigenvalue weighted by Crippen LogP contribution is 2.31. The van der Waals surface area contributed by atoms with Gasteiger partial charge in [0.25, 0.3) is 10.0 Å². The molecule has 31 heavy (non-hydrogen) atoms. The third kappa shape index (κ3) is 4.21. The van der Waals surface area contributed by atoms with Gasteiger partial charge in [0.05, 0.1) is 10.6 Å². The maximum absolute atomic E-state index is 13.3. The number of benzene rings is 1. The van der Waals surface area contributed by atoms with E-state index in [9.17, 15) is 8.42 Å². The molecule has 6 nitrogen and oxygen atoms in total. The van der Waals surface area contributed by atoms with Crippen LogP contribution in [-0.2, 0) is 10.0 Å². The van der Waals surface area contributed by atoms with Crippen molar-refractivity contribution in [3.63, 3.8) is 0 Å².